The normalized spacial score (nSPS) is 29.2. The van der Waals surface area contributed by atoms with Crippen LogP contribution in [0.5, 0.6) is 11.5 Å². The number of hydrogen-bond donors (Lipinski definition) is 5. The van der Waals surface area contributed by atoms with Gasteiger partial charge in [-0.05, 0) is 47.0 Å². The van der Waals surface area contributed by atoms with E-state index < -0.39 is 22.7 Å². The minimum absolute atomic E-state index is 0.129. The topological polar surface area (TPSA) is 155 Å². The SMILES string of the molecule is CO[C@H]1CNC[C@@H]1NC(=O)C1Sc2c(N)ccc3c2C1C(N)C(=O)C3(N)c1ccc(Oc2ccccc2)cc1. The molecular weight excluding hydrogens is 514 g/mol. The number of Topliss-reactive ketones (excluding diaryl/α,β-unsaturated/α-hetero) is 1. The van der Waals surface area contributed by atoms with Crippen molar-refractivity contribution in [2.45, 2.75) is 39.8 Å². The van der Waals surface area contributed by atoms with Crippen molar-refractivity contribution in [2.75, 3.05) is 25.9 Å². The first kappa shape index (κ1) is 25.8. The molecule has 2 heterocycles. The van der Waals surface area contributed by atoms with Crippen molar-refractivity contribution in [1.82, 2.24) is 10.6 Å². The van der Waals surface area contributed by atoms with E-state index in [0.29, 0.717) is 41.4 Å². The summed E-state index contributed by atoms with van der Waals surface area (Å²) >= 11 is 1.35. The zero-order valence-electron chi connectivity index (χ0n) is 21.4. The van der Waals surface area contributed by atoms with Gasteiger partial charge in [-0.1, -0.05) is 36.4 Å². The summed E-state index contributed by atoms with van der Waals surface area (Å²) in [5.41, 5.74) is 21.0. The molecule has 0 spiro atoms. The van der Waals surface area contributed by atoms with Gasteiger partial charge in [0.05, 0.1) is 23.4 Å². The molecule has 1 aliphatic carbocycles. The molecule has 0 radical (unpaired) electrons. The van der Waals surface area contributed by atoms with Crippen LogP contribution in [0.2, 0.25) is 0 Å². The smallest absolute Gasteiger partial charge is 0.234 e. The lowest BCUT2D eigenvalue weighted by Gasteiger charge is -2.41. The number of nitrogens with one attached hydrogen (secondary N) is 2. The fraction of sp³-hybridized carbons (Fsp3) is 0.310. The van der Waals surface area contributed by atoms with Gasteiger partial charge in [-0.15, -0.1) is 11.8 Å². The number of benzene rings is 3. The van der Waals surface area contributed by atoms with Crippen molar-refractivity contribution in [3.8, 4) is 11.5 Å². The van der Waals surface area contributed by atoms with Gasteiger partial charge < -0.3 is 37.3 Å². The molecule has 10 heteroatoms. The Labute approximate surface area is 230 Å². The summed E-state index contributed by atoms with van der Waals surface area (Å²) in [4.78, 5) is 28.3. The van der Waals surface area contributed by atoms with Crippen LogP contribution in [0.25, 0.3) is 0 Å². The molecule has 1 amide bonds. The van der Waals surface area contributed by atoms with Crippen molar-refractivity contribution < 1.29 is 19.1 Å². The average Bonchev–Trinajstić information content (AvgIpc) is 3.58. The highest BCUT2D eigenvalue weighted by atomic mass is 32.2. The quantitative estimate of drug-likeness (QED) is 0.292. The molecule has 0 saturated carbocycles. The number of thioether (sulfide) groups is 1. The van der Waals surface area contributed by atoms with E-state index in [-0.39, 0.29) is 23.8 Å². The molecule has 202 valence electrons. The van der Waals surface area contributed by atoms with Crippen molar-refractivity contribution >= 4 is 29.1 Å². The molecule has 6 rings (SSSR count). The fourth-order valence-electron chi connectivity index (χ4n) is 5.94. The Bertz CT molecular complexity index is 1420. The summed E-state index contributed by atoms with van der Waals surface area (Å²) in [7, 11) is 1.63. The molecule has 2 aliphatic heterocycles. The van der Waals surface area contributed by atoms with E-state index in [9.17, 15) is 9.59 Å². The lowest BCUT2D eigenvalue weighted by atomic mass is 9.65. The summed E-state index contributed by atoms with van der Waals surface area (Å²) in [6.45, 7) is 1.26. The number of para-hydroxylation sites is 1. The Hall–Kier alpha value is -3.41. The lowest BCUT2D eigenvalue weighted by molar-refractivity contribution is -0.126. The molecule has 1 fully saturated rings. The van der Waals surface area contributed by atoms with Crippen molar-refractivity contribution in [1.29, 1.82) is 0 Å². The Morgan fingerprint density at radius 3 is 2.49 bits per heavy atom. The maximum absolute atomic E-state index is 14.0. The molecular formula is C29H31N5O4S. The van der Waals surface area contributed by atoms with Crippen LogP contribution in [0.1, 0.15) is 22.6 Å². The van der Waals surface area contributed by atoms with E-state index >= 15 is 0 Å². The third kappa shape index (κ3) is 4.19. The van der Waals surface area contributed by atoms with E-state index in [1.54, 1.807) is 43.5 Å². The third-order valence-corrected chi connectivity index (χ3v) is 9.42. The van der Waals surface area contributed by atoms with Crippen LogP contribution in [0.15, 0.2) is 71.6 Å². The highest BCUT2D eigenvalue weighted by molar-refractivity contribution is 8.01. The number of ketones is 1. The Morgan fingerprint density at radius 1 is 1.05 bits per heavy atom. The number of nitrogens with two attached hydrogens (primary N) is 3. The predicted octanol–water partition coefficient (Wildman–Crippen LogP) is 1.83. The van der Waals surface area contributed by atoms with Gasteiger partial charge in [0, 0.05) is 36.7 Å². The van der Waals surface area contributed by atoms with Gasteiger partial charge in [-0.25, -0.2) is 0 Å². The summed E-state index contributed by atoms with van der Waals surface area (Å²) in [6, 6.07) is 18.9. The zero-order valence-corrected chi connectivity index (χ0v) is 22.2. The van der Waals surface area contributed by atoms with Gasteiger partial charge in [0.15, 0.2) is 5.78 Å². The third-order valence-electron chi connectivity index (χ3n) is 7.97. The second-order valence-corrected chi connectivity index (χ2v) is 11.3. The van der Waals surface area contributed by atoms with Gasteiger partial charge in [0.25, 0.3) is 0 Å². The molecule has 0 aromatic heterocycles. The number of rotatable bonds is 6. The lowest BCUT2D eigenvalue weighted by Crippen LogP contribution is -2.60. The van der Waals surface area contributed by atoms with E-state index in [2.05, 4.69) is 10.6 Å². The molecule has 8 N–H and O–H groups in total. The van der Waals surface area contributed by atoms with Crippen LogP contribution in [0.3, 0.4) is 0 Å². The molecule has 6 atom stereocenters. The van der Waals surface area contributed by atoms with Crippen molar-refractivity contribution in [3.05, 3.63) is 83.4 Å². The van der Waals surface area contributed by atoms with E-state index in [4.69, 9.17) is 26.7 Å². The average molecular weight is 546 g/mol. The summed E-state index contributed by atoms with van der Waals surface area (Å²) in [5.74, 6) is 0.227. The second kappa shape index (κ2) is 9.96. The molecule has 9 nitrogen and oxygen atoms in total. The maximum atomic E-state index is 14.0. The monoisotopic (exact) mass is 545 g/mol. The van der Waals surface area contributed by atoms with Gasteiger partial charge in [-0.2, -0.15) is 0 Å². The molecule has 39 heavy (non-hydrogen) atoms. The molecule has 0 bridgehead atoms. The highest BCUT2D eigenvalue weighted by Gasteiger charge is 2.56. The van der Waals surface area contributed by atoms with Crippen LogP contribution >= 0.6 is 11.8 Å². The van der Waals surface area contributed by atoms with Crippen LogP contribution in [-0.2, 0) is 19.9 Å². The van der Waals surface area contributed by atoms with Crippen LogP contribution in [0.4, 0.5) is 5.69 Å². The van der Waals surface area contributed by atoms with Gasteiger partial charge in [0.2, 0.25) is 5.91 Å². The number of carbonyl (C=O) groups is 2. The number of amides is 1. The Balaban J connectivity index is 1.34. The number of ether oxygens (including phenoxy) is 2. The summed E-state index contributed by atoms with van der Waals surface area (Å²) in [6.07, 6.45) is -0.129. The van der Waals surface area contributed by atoms with E-state index in [0.717, 1.165) is 10.5 Å². The first-order valence-corrected chi connectivity index (χ1v) is 13.8. The standard InChI is InChI=1S/C29H31N5O4S/c1-37-21-14-33-13-20(21)34-28(36)26-23-22-18(11-12-19(30)25(22)39-26)29(32,27(35)24(23)31)15-7-9-17(10-8-15)38-16-5-3-2-4-6-16/h2-12,20-21,23-24,26,33H,13-14,30-32H2,1H3,(H,34,36)/t20-,21-,23?,24?,26?,29?/m0/s1. The summed E-state index contributed by atoms with van der Waals surface area (Å²) in [5, 5.41) is 5.71. The van der Waals surface area contributed by atoms with Crippen molar-refractivity contribution in [3.63, 3.8) is 0 Å². The molecule has 3 aromatic rings. The Morgan fingerprint density at radius 2 is 1.77 bits per heavy atom. The number of hydrogen-bond acceptors (Lipinski definition) is 9. The number of nitrogen functional groups attached to an aromatic ring is 1. The van der Waals surface area contributed by atoms with Crippen LogP contribution in [-0.4, -0.2) is 55.3 Å². The fourth-order valence-corrected chi connectivity index (χ4v) is 7.40. The maximum Gasteiger partial charge on any atom is 0.234 e. The van der Waals surface area contributed by atoms with Gasteiger partial charge in [0.1, 0.15) is 17.0 Å². The minimum atomic E-state index is -1.50. The number of anilines is 1. The highest BCUT2D eigenvalue weighted by Crippen LogP contribution is 2.56. The molecule has 1 saturated heterocycles. The van der Waals surface area contributed by atoms with Gasteiger partial charge in [-0.3, -0.25) is 9.59 Å². The van der Waals surface area contributed by atoms with Crippen molar-refractivity contribution in [2.24, 2.45) is 11.5 Å². The van der Waals surface area contributed by atoms with Crippen LogP contribution in [0, 0.1) is 0 Å². The predicted molar refractivity (Wildman–Crippen MR) is 150 cm³/mol. The Kier molecular flexibility index (Phi) is 6.60. The second-order valence-electron chi connectivity index (χ2n) is 10.2. The number of methoxy groups -OCH3 is 1. The number of carbonyl (C=O) groups excluding carboxylic acids is 2. The molecule has 3 aromatic carbocycles. The first-order chi connectivity index (χ1) is 18.8. The minimum Gasteiger partial charge on any atom is -0.457 e. The largest absolute Gasteiger partial charge is 0.457 e. The van der Waals surface area contributed by atoms with Gasteiger partial charge >= 0.3 is 0 Å². The zero-order chi connectivity index (χ0) is 27.3. The molecule has 3 aliphatic rings. The molecule has 4 unspecified atom stereocenters. The first-order valence-electron chi connectivity index (χ1n) is 12.9. The van der Waals surface area contributed by atoms with E-state index in [1.165, 1.54) is 11.8 Å². The summed E-state index contributed by atoms with van der Waals surface area (Å²) < 4.78 is 11.4. The van der Waals surface area contributed by atoms with E-state index in [1.807, 2.05) is 30.3 Å². The van der Waals surface area contributed by atoms with Crippen LogP contribution < -0.4 is 32.6 Å².